The van der Waals surface area contributed by atoms with E-state index in [0.29, 0.717) is 17.6 Å². The van der Waals surface area contributed by atoms with Gasteiger partial charge in [-0.1, -0.05) is 12.1 Å². The Morgan fingerprint density at radius 2 is 1.80 bits per heavy atom. The van der Waals surface area contributed by atoms with Crippen LogP contribution in [0.4, 0.5) is 4.79 Å². The molecule has 0 spiro atoms. The molecule has 25 heavy (non-hydrogen) atoms. The number of amides is 1. The van der Waals surface area contributed by atoms with Crippen molar-refractivity contribution in [1.29, 1.82) is 0 Å². The summed E-state index contributed by atoms with van der Waals surface area (Å²) in [5.41, 5.74) is -1.68. The molecule has 1 aromatic rings. The summed E-state index contributed by atoms with van der Waals surface area (Å²) in [6.07, 6.45) is 0.706. The monoisotopic (exact) mass is 369 g/mol. The molecular weight excluding hydrogens is 346 g/mol. The van der Waals surface area contributed by atoms with Crippen LogP contribution in [-0.2, 0) is 19.4 Å². The lowest BCUT2D eigenvalue weighted by atomic mass is 10.1. The molecule has 0 saturated heterocycles. The van der Waals surface area contributed by atoms with Crippen LogP contribution in [0.2, 0.25) is 0 Å². The van der Waals surface area contributed by atoms with E-state index >= 15 is 0 Å². The van der Waals surface area contributed by atoms with E-state index in [9.17, 15) is 18.0 Å². The van der Waals surface area contributed by atoms with Crippen LogP contribution in [0, 0.1) is 0 Å². The standard InChI is InChI=1S/C17H23NO6S/c1-16(2,3)24-15(20)18-17(10-19)13(14(17)25(5,21)22)11-6-8-12(23-4)9-7-11/h6-10,13-14H,1-5H3,(H,18,20)/t13-,14-,17+/m0/s1. The fraction of sp³-hybridized carbons (Fsp3) is 0.529. The Kier molecular flexibility index (Phi) is 4.87. The predicted octanol–water partition coefficient (Wildman–Crippen LogP) is 1.67. The number of aldehydes is 1. The van der Waals surface area contributed by atoms with Gasteiger partial charge in [-0.3, -0.25) is 0 Å². The Morgan fingerprint density at radius 1 is 1.24 bits per heavy atom. The lowest BCUT2D eigenvalue weighted by Gasteiger charge is -2.22. The highest BCUT2D eigenvalue weighted by Crippen LogP contribution is 2.54. The van der Waals surface area contributed by atoms with Crippen molar-refractivity contribution >= 4 is 22.2 Å². The molecule has 8 heteroatoms. The first-order valence-corrected chi connectivity index (χ1v) is 9.70. The van der Waals surface area contributed by atoms with E-state index in [2.05, 4.69) is 5.32 Å². The Balaban J connectivity index is 2.36. The lowest BCUT2D eigenvalue weighted by Crippen LogP contribution is -2.45. The fourth-order valence-electron chi connectivity index (χ4n) is 3.04. The Hall–Kier alpha value is -2.09. The zero-order valence-corrected chi connectivity index (χ0v) is 15.7. The number of hydrogen-bond acceptors (Lipinski definition) is 6. The van der Waals surface area contributed by atoms with Crippen molar-refractivity contribution in [3.05, 3.63) is 29.8 Å². The van der Waals surface area contributed by atoms with Crippen molar-refractivity contribution in [2.75, 3.05) is 13.4 Å². The minimum atomic E-state index is -3.58. The topological polar surface area (TPSA) is 98.8 Å². The van der Waals surface area contributed by atoms with Crippen molar-refractivity contribution in [2.45, 2.75) is 43.1 Å². The maximum absolute atomic E-state index is 12.2. The normalized spacial score (nSPS) is 25.8. The van der Waals surface area contributed by atoms with Crippen molar-refractivity contribution in [1.82, 2.24) is 5.32 Å². The maximum Gasteiger partial charge on any atom is 0.408 e. The van der Waals surface area contributed by atoms with E-state index in [0.717, 1.165) is 6.26 Å². The molecule has 138 valence electrons. The number of hydrogen-bond donors (Lipinski definition) is 1. The highest BCUT2D eigenvalue weighted by atomic mass is 32.2. The molecule has 0 unspecified atom stereocenters. The zero-order valence-electron chi connectivity index (χ0n) is 14.9. The van der Waals surface area contributed by atoms with Gasteiger partial charge in [-0.15, -0.1) is 0 Å². The minimum Gasteiger partial charge on any atom is -0.497 e. The van der Waals surface area contributed by atoms with Gasteiger partial charge < -0.3 is 19.6 Å². The molecule has 1 amide bonds. The van der Waals surface area contributed by atoms with E-state index in [4.69, 9.17) is 9.47 Å². The molecule has 1 aliphatic rings. The number of rotatable bonds is 5. The van der Waals surface area contributed by atoms with Crippen molar-refractivity contribution in [3.63, 3.8) is 0 Å². The number of methoxy groups -OCH3 is 1. The number of alkyl carbamates (subject to hydrolysis) is 1. The largest absolute Gasteiger partial charge is 0.497 e. The van der Waals surface area contributed by atoms with E-state index in [-0.39, 0.29) is 0 Å². The molecule has 3 atom stereocenters. The minimum absolute atomic E-state index is 0.484. The van der Waals surface area contributed by atoms with E-state index < -0.39 is 38.2 Å². The summed E-state index contributed by atoms with van der Waals surface area (Å²) < 4.78 is 34.6. The average molecular weight is 369 g/mol. The summed E-state index contributed by atoms with van der Waals surface area (Å²) in [5.74, 6) is -0.0736. The third-order valence-corrected chi connectivity index (χ3v) is 5.61. The van der Waals surface area contributed by atoms with Crippen LogP contribution in [0.25, 0.3) is 0 Å². The number of carbonyl (C=O) groups excluding carboxylic acids is 2. The van der Waals surface area contributed by atoms with Gasteiger partial charge in [0.1, 0.15) is 28.4 Å². The SMILES string of the molecule is COc1ccc([C@H]2[C@H](S(C)(=O)=O)[C@]2(C=O)NC(=O)OC(C)(C)C)cc1. The second-order valence-electron chi connectivity index (χ2n) is 7.18. The molecule has 1 aliphatic carbocycles. The highest BCUT2D eigenvalue weighted by Gasteiger charge is 2.71. The van der Waals surface area contributed by atoms with Crippen LogP contribution in [-0.4, -0.2) is 50.6 Å². The quantitative estimate of drug-likeness (QED) is 0.793. The van der Waals surface area contributed by atoms with Gasteiger partial charge in [-0.05, 0) is 38.5 Å². The van der Waals surface area contributed by atoms with Crippen LogP contribution in [0.5, 0.6) is 5.75 Å². The van der Waals surface area contributed by atoms with Gasteiger partial charge in [0.2, 0.25) is 0 Å². The molecule has 0 bridgehead atoms. The first-order chi connectivity index (χ1) is 11.4. The summed E-state index contributed by atoms with van der Waals surface area (Å²) in [6.45, 7) is 5.05. The van der Waals surface area contributed by atoms with E-state index in [1.807, 2.05) is 0 Å². The fourth-order valence-corrected chi connectivity index (χ4v) is 4.80. The Bertz CT molecular complexity index is 765. The molecule has 0 aliphatic heterocycles. The first kappa shape index (κ1) is 19.2. The van der Waals surface area contributed by atoms with Gasteiger partial charge >= 0.3 is 6.09 Å². The number of sulfone groups is 1. The van der Waals surface area contributed by atoms with Gasteiger partial charge in [0.15, 0.2) is 9.84 Å². The second-order valence-corrected chi connectivity index (χ2v) is 9.35. The summed E-state index contributed by atoms with van der Waals surface area (Å²) in [4.78, 5) is 23.9. The summed E-state index contributed by atoms with van der Waals surface area (Å²) >= 11 is 0. The number of nitrogens with one attached hydrogen (secondary N) is 1. The van der Waals surface area contributed by atoms with Crippen LogP contribution in [0.3, 0.4) is 0 Å². The Labute approximate surface area is 147 Å². The molecule has 0 radical (unpaired) electrons. The molecule has 7 nitrogen and oxygen atoms in total. The van der Waals surface area contributed by atoms with E-state index in [1.54, 1.807) is 45.0 Å². The summed E-state index contributed by atoms with van der Waals surface area (Å²) in [7, 11) is -2.07. The molecule has 1 fully saturated rings. The number of carbonyl (C=O) groups is 2. The first-order valence-electron chi connectivity index (χ1n) is 7.75. The molecule has 1 aromatic carbocycles. The van der Waals surface area contributed by atoms with Crippen LogP contribution in [0.1, 0.15) is 32.3 Å². The molecule has 1 saturated carbocycles. The molecule has 0 heterocycles. The molecule has 2 rings (SSSR count). The van der Waals surface area contributed by atoms with Crippen LogP contribution >= 0.6 is 0 Å². The van der Waals surface area contributed by atoms with Crippen LogP contribution in [0.15, 0.2) is 24.3 Å². The second kappa shape index (κ2) is 6.33. The highest BCUT2D eigenvalue weighted by molar-refractivity contribution is 7.91. The summed E-state index contributed by atoms with van der Waals surface area (Å²) in [6, 6.07) is 6.72. The smallest absolute Gasteiger partial charge is 0.408 e. The zero-order chi connectivity index (χ0) is 19.0. The van der Waals surface area contributed by atoms with Gasteiger partial charge in [0.25, 0.3) is 0 Å². The van der Waals surface area contributed by atoms with Gasteiger partial charge in [0, 0.05) is 12.2 Å². The van der Waals surface area contributed by atoms with Crippen molar-refractivity contribution in [3.8, 4) is 5.75 Å². The molecular formula is C17H23NO6S. The maximum atomic E-state index is 12.2. The number of ether oxygens (including phenoxy) is 2. The van der Waals surface area contributed by atoms with Gasteiger partial charge in [0.05, 0.1) is 7.11 Å². The van der Waals surface area contributed by atoms with Gasteiger partial charge in [-0.2, -0.15) is 0 Å². The molecule has 0 aromatic heterocycles. The third-order valence-electron chi connectivity index (χ3n) is 4.03. The third kappa shape index (κ3) is 3.95. The molecule has 1 N–H and O–H groups in total. The summed E-state index contributed by atoms with van der Waals surface area (Å²) in [5, 5.41) is 1.42. The number of benzene rings is 1. The lowest BCUT2D eigenvalue weighted by molar-refractivity contribution is -0.110. The van der Waals surface area contributed by atoms with Crippen molar-refractivity contribution in [2.24, 2.45) is 0 Å². The average Bonchev–Trinajstić information content (AvgIpc) is 3.14. The van der Waals surface area contributed by atoms with Crippen LogP contribution < -0.4 is 10.1 Å². The predicted molar refractivity (Wildman–Crippen MR) is 92.5 cm³/mol. The Morgan fingerprint density at radius 3 is 2.20 bits per heavy atom. The van der Waals surface area contributed by atoms with Gasteiger partial charge in [-0.25, -0.2) is 13.2 Å². The van der Waals surface area contributed by atoms with Crippen molar-refractivity contribution < 1.29 is 27.5 Å². The van der Waals surface area contributed by atoms with E-state index in [1.165, 1.54) is 7.11 Å².